The monoisotopic (exact) mass is 287 g/mol. The highest BCUT2D eigenvalue weighted by atomic mass is 16.5. The Kier molecular flexibility index (Phi) is 6.11. The van der Waals surface area contributed by atoms with Crippen LogP contribution in [0, 0.1) is 13.8 Å². The fourth-order valence-electron chi connectivity index (χ4n) is 2.43. The molecule has 1 aromatic carbocycles. The number of hydrogen-bond acceptors (Lipinski definition) is 4. The largest absolute Gasteiger partial charge is 0.383 e. The predicted molar refractivity (Wildman–Crippen MR) is 87.7 cm³/mol. The number of pyridine rings is 1. The first-order chi connectivity index (χ1) is 10.2. The average molecular weight is 287 g/mol. The molecule has 0 atom stereocenters. The number of para-hydroxylation sites is 1. The fraction of sp³-hybridized carbons (Fsp3) is 0.471. The number of aryl methyl sites for hydroxylation is 1. The van der Waals surface area contributed by atoms with Crippen LogP contribution in [0.1, 0.15) is 16.8 Å². The molecule has 0 radical (unpaired) electrons. The normalized spacial score (nSPS) is 11.2. The Labute approximate surface area is 126 Å². The summed E-state index contributed by atoms with van der Waals surface area (Å²) in [6, 6.07) is 8.36. The van der Waals surface area contributed by atoms with Gasteiger partial charge in [-0.15, -0.1) is 0 Å². The number of fused-ring (bicyclic) bond motifs is 1. The maximum absolute atomic E-state index is 5.00. The van der Waals surface area contributed by atoms with Crippen molar-refractivity contribution in [2.24, 2.45) is 0 Å². The molecule has 0 saturated carbocycles. The summed E-state index contributed by atoms with van der Waals surface area (Å²) in [5, 5.41) is 8.09. The molecule has 1 aromatic heterocycles. The van der Waals surface area contributed by atoms with Crippen LogP contribution in [0.5, 0.6) is 0 Å². The summed E-state index contributed by atoms with van der Waals surface area (Å²) in [7, 11) is 1.72. The highest BCUT2D eigenvalue weighted by Crippen LogP contribution is 2.22. The van der Waals surface area contributed by atoms with E-state index in [4.69, 9.17) is 4.74 Å². The average Bonchev–Trinajstić information content (AvgIpc) is 2.50. The summed E-state index contributed by atoms with van der Waals surface area (Å²) < 4.78 is 5.00. The van der Waals surface area contributed by atoms with Gasteiger partial charge in [0.2, 0.25) is 0 Å². The van der Waals surface area contributed by atoms with Gasteiger partial charge in [0.25, 0.3) is 0 Å². The summed E-state index contributed by atoms with van der Waals surface area (Å²) >= 11 is 0. The van der Waals surface area contributed by atoms with E-state index in [0.29, 0.717) is 0 Å². The molecule has 0 bridgehead atoms. The van der Waals surface area contributed by atoms with Gasteiger partial charge >= 0.3 is 0 Å². The first kappa shape index (κ1) is 15.9. The minimum absolute atomic E-state index is 0.757. The van der Waals surface area contributed by atoms with E-state index in [0.717, 1.165) is 44.0 Å². The number of methoxy groups -OCH3 is 1. The number of rotatable bonds is 8. The number of aromatic nitrogens is 1. The summed E-state index contributed by atoms with van der Waals surface area (Å²) in [6.45, 7) is 8.66. The molecule has 2 aromatic rings. The molecule has 21 heavy (non-hydrogen) atoms. The van der Waals surface area contributed by atoms with E-state index in [1.165, 1.54) is 16.5 Å². The Morgan fingerprint density at radius 2 is 1.81 bits per heavy atom. The van der Waals surface area contributed by atoms with E-state index in [9.17, 15) is 0 Å². The Bertz CT molecular complexity index is 584. The van der Waals surface area contributed by atoms with Crippen LogP contribution in [0.25, 0.3) is 10.9 Å². The standard InChI is InChI=1S/C17H25N3O/c1-13-14(2)20-17-7-5-4-6-15(17)16(13)12-19-9-8-18-10-11-21-3/h4-7,18-19H,8-12H2,1-3H3. The van der Waals surface area contributed by atoms with E-state index in [1.54, 1.807) is 7.11 Å². The summed E-state index contributed by atoms with van der Waals surface area (Å²) in [5.41, 5.74) is 4.84. The lowest BCUT2D eigenvalue weighted by Gasteiger charge is -2.13. The molecule has 0 aliphatic heterocycles. The molecule has 4 heteroatoms. The first-order valence-electron chi connectivity index (χ1n) is 7.49. The third-order valence-corrected chi connectivity index (χ3v) is 3.78. The Morgan fingerprint density at radius 1 is 1.05 bits per heavy atom. The van der Waals surface area contributed by atoms with Crippen LogP contribution in [0.15, 0.2) is 24.3 Å². The van der Waals surface area contributed by atoms with Gasteiger partial charge in [-0.1, -0.05) is 18.2 Å². The predicted octanol–water partition coefficient (Wildman–Crippen LogP) is 2.18. The molecule has 2 rings (SSSR count). The van der Waals surface area contributed by atoms with Crippen molar-refractivity contribution >= 4 is 10.9 Å². The molecule has 2 N–H and O–H groups in total. The minimum Gasteiger partial charge on any atom is -0.383 e. The van der Waals surface area contributed by atoms with Crippen molar-refractivity contribution < 1.29 is 4.74 Å². The molecular formula is C17H25N3O. The molecule has 0 fully saturated rings. The number of benzene rings is 1. The van der Waals surface area contributed by atoms with Gasteiger partial charge in [-0.2, -0.15) is 0 Å². The third kappa shape index (κ3) is 4.24. The maximum atomic E-state index is 5.00. The van der Waals surface area contributed by atoms with Crippen LogP contribution >= 0.6 is 0 Å². The quantitative estimate of drug-likeness (QED) is 0.731. The highest BCUT2D eigenvalue weighted by Gasteiger charge is 2.08. The molecule has 1 heterocycles. The Morgan fingerprint density at radius 3 is 2.62 bits per heavy atom. The van der Waals surface area contributed by atoms with Gasteiger partial charge in [-0.05, 0) is 31.0 Å². The van der Waals surface area contributed by atoms with E-state index in [1.807, 2.05) is 6.07 Å². The zero-order chi connectivity index (χ0) is 15.1. The summed E-state index contributed by atoms with van der Waals surface area (Å²) in [6.07, 6.45) is 0. The van der Waals surface area contributed by atoms with E-state index in [2.05, 4.69) is 47.7 Å². The van der Waals surface area contributed by atoms with Gasteiger partial charge in [0.05, 0.1) is 12.1 Å². The van der Waals surface area contributed by atoms with Gasteiger partial charge in [0.1, 0.15) is 0 Å². The number of hydrogen-bond donors (Lipinski definition) is 2. The van der Waals surface area contributed by atoms with Crippen molar-refractivity contribution in [3.8, 4) is 0 Å². The van der Waals surface area contributed by atoms with Gasteiger partial charge in [0, 0.05) is 44.4 Å². The zero-order valence-corrected chi connectivity index (χ0v) is 13.2. The van der Waals surface area contributed by atoms with Crippen LogP contribution in [0.3, 0.4) is 0 Å². The first-order valence-corrected chi connectivity index (χ1v) is 7.49. The second-order valence-corrected chi connectivity index (χ2v) is 5.24. The Balaban J connectivity index is 1.96. The van der Waals surface area contributed by atoms with E-state index >= 15 is 0 Å². The molecular weight excluding hydrogens is 262 g/mol. The van der Waals surface area contributed by atoms with Crippen molar-refractivity contribution in [1.29, 1.82) is 0 Å². The van der Waals surface area contributed by atoms with Crippen molar-refractivity contribution in [2.75, 3.05) is 33.4 Å². The lowest BCUT2D eigenvalue weighted by molar-refractivity contribution is 0.199. The van der Waals surface area contributed by atoms with Gasteiger partial charge < -0.3 is 15.4 Å². The summed E-state index contributed by atoms with van der Waals surface area (Å²) in [5.74, 6) is 0. The maximum Gasteiger partial charge on any atom is 0.0708 e. The van der Waals surface area contributed by atoms with Crippen molar-refractivity contribution in [1.82, 2.24) is 15.6 Å². The van der Waals surface area contributed by atoms with Gasteiger partial charge in [-0.25, -0.2) is 0 Å². The van der Waals surface area contributed by atoms with Crippen molar-refractivity contribution in [2.45, 2.75) is 20.4 Å². The second kappa shape index (κ2) is 8.08. The number of nitrogens with zero attached hydrogens (tertiary/aromatic N) is 1. The molecule has 4 nitrogen and oxygen atoms in total. The van der Waals surface area contributed by atoms with Gasteiger partial charge in [0.15, 0.2) is 0 Å². The minimum atomic E-state index is 0.757. The van der Waals surface area contributed by atoms with Crippen LogP contribution in [-0.2, 0) is 11.3 Å². The van der Waals surface area contributed by atoms with Crippen LogP contribution in [0.2, 0.25) is 0 Å². The van der Waals surface area contributed by atoms with E-state index < -0.39 is 0 Å². The number of nitrogens with one attached hydrogen (secondary N) is 2. The zero-order valence-electron chi connectivity index (χ0n) is 13.2. The molecule has 0 saturated heterocycles. The second-order valence-electron chi connectivity index (χ2n) is 5.24. The van der Waals surface area contributed by atoms with Gasteiger partial charge in [-0.3, -0.25) is 4.98 Å². The highest BCUT2D eigenvalue weighted by molar-refractivity contribution is 5.83. The molecule has 0 aliphatic rings. The number of ether oxygens (including phenoxy) is 1. The van der Waals surface area contributed by atoms with E-state index in [-0.39, 0.29) is 0 Å². The fourth-order valence-corrected chi connectivity index (χ4v) is 2.43. The van der Waals surface area contributed by atoms with Crippen LogP contribution < -0.4 is 10.6 Å². The lowest BCUT2D eigenvalue weighted by Crippen LogP contribution is -2.29. The van der Waals surface area contributed by atoms with Crippen LogP contribution in [0.4, 0.5) is 0 Å². The molecule has 0 aliphatic carbocycles. The lowest BCUT2D eigenvalue weighted by atomic mass is 10.0. The molecule has 0 amide bonds. The smallest absolute Gasteiger partial charge is 0.0708 e. The molecule has 0 unspecified atom stereocenters. The topological polar surface area (TPSA) is 46.2 Å². The summed E-state index contributed by atoms with van der Waals surface area (Å²) in [4.78, 5) is 4.66. The SMILES string of the molecule is COCCNCCNCc1c(C)c(C)nc2ccccc12. The molecule has 0 spiro atoms. The van der Waals surface area contributed by atoms with Crippen molar-refractivity contribution in [3.05, 3.63) is 41.1 Å². The molecule has 114 valence electrons. The third-order valence-electron chi connectivity index (χ3n) is 3.78. The Hall–Kier alpha value is -1.49. The van der Waals surface area contributed by atoms with Crippen molar-refractivity contribution in [3.63, 3.8) is 0 Å². The van der Waals surface area contributed by atoms with Crippen LogP contribution in [-0.4, -0.2) is 38.3 Å².